The summed E-state index contributed by atoms with van der Waals surface area (Å²) in [6.45, 7) is 2.26. The van der Waals surface area contributed by atoms with Crippen LogP contribution in [0.3, 0.4) is 0 Å². The van der Waals surface area contributed by atoms with Crippen LogP contribution in [0.2, 0.25) is 0 Å². The molecule has 0 amide bonds. The monoisotopic (exact) mass is 333 g/mol. The maximum Gasteiger partial charge on any atom is 2.00 e. The van der Waals surface area contributed by atoms with Gasteiger partial charge in [0.1, 0.15) is 0 Å². The van der Waals surface area contributed by atoms with E-state index in [0.29, 0.717) is 0 Å². The van der Waals surface area contributed by atoms with Crippen molar-refractivity contribution in [3.63, 3.8) is 0 Å². The smallest absolute Gasteiger partial charge is 0.550 e. The Morgan fingerprint density at radius 2 is 0.950 bits per heavy atom. The molecule has 0 unspecified atom stereocenters. The number of carbonyl (C=O) groups is 1. The quantitative estimate of drug-likeness (QED) is 0.324. The van der Waals surface area contributed by atoms with Gasteiger partial charge >= 0.3 is 19.5 Å². The second kappa shape index (κ2) is 19.1. The van der Waals surface area contributed by atoms with E-state index in [2.05, 4.69) is 6.92 Å². The molecule has 2 nitrogen and oxygen atoms in total. The normalized spacial score (nSPS) is 10.2. The van der Waals surface area contributed by atoms with Crippen molar-refractivity contribution in [2.45, 2.75) is 103 Å². The average molecular weight is 335 g/mol. The molecule has 0 heterocycles. The average Bonchev–Trinajstić information content (AvgIpc) is 2.39. The molecule has 20 heavy (non-hydrogen) atoms. The van der Waals surface area contributed by atoms with Crippen LogP contribution in [0.1, 0.15) is 103 Å². The Balaban J connectivity index is 0. The van der Waals surface area contributed by atoms with Crippen LogP contribution in [0.25, 0.3) is 0 Å². The number of hydrogen-bond donors (Lipinski definition) is 0. The Morgan fingerprint density at radius 3 is 1.25 bits per heavy atom. The van der Waals surface area contributed by atoms with E-state index in [-0.39, 0.29) is 25.9 Å². The van der Waals surface area contributed by atoms with Crippen molar-refractivity contribution in [3.8, 4) is 0 Å². The fraction of sp³-hybridized carbons (Fsp3) is 0.941. The SMILES string of the molecule is CCCCCCCCCCCCCCCCC(=O)[O-].[Zn+2]. The summed E-state index contributed by atoms with van der Waals surface area (Å²) in [6.07, 6.45) is 18.4. The number of carbonyl (C=O) groups excluding carboxylic acids is 1. The summed E-state index contributed by atoms with van der Waals surface area (Å²) < 4.78 is 0. The van der Waals surface area contributed by atoms with Gasteiger partial charge in [-0.3, -0.25) is 0 Å². The number of carboxylic acids is 1. The van der Waals surface area contributed by atoms with Crippen LogP contribution >= 0.6 is 0 Å². The fourth-order valence-electron chi connectivity index (χ4n) is 2.46. The Kier molecular flexibility index (Phi) is 21.4. The molecule has 0 N–H and O–H groups in total. The van der Waals surface area contributed by atoms with Crippen molar-refractivity contribution >= 4 is 5.97 Å². The number of aliphatic carboxylic acids is 1. The minimum atomic E-state index is -0.904. The third-order valence-corrected chi connectivity index (χ3v) is 3.73. The number of unbranched alkanes of at least 4 members (excludes halogenated alkanes) is 13. The zero-order valence-electron chi connectivity index (χ0n) is 13.6. The first kappa shape index (κ1) is 22.4. The molecule has 0 saturated carbocycles. The third-order valence-electron chi connectivity index (χ3n) is 3.73. The molecule has 0 spiro atoms. The second-order valence-corrected chi connectivity index (χ2v) is 5.72. The molecule has 0 saturated heterocycles. The minimum absolute atomic E-state index is 0. The van der Waals surface area contributed by atoms with E-state index in [1.165, 1.54) is 77.0 Å². The van der Waals surface area contributed by atoms with E-state index < -0.39 is 5.97 Å². The molecule has 0 rings (SSSR count). The second-order valence-electron chi connectivity index (χ2n) is 5.72. The Labute approximate surface area is 138 Å². The molecular weight excluding hydrogens is 302 g/mol. The molecular formula is C17H33O2Zn+. The Morgan fingerprint density at radius 1 is 0.650 bits per heavy atom. The van der Waals surface area contributed by atoms with Gasteiger partial charge < -0.3 is 9.90 Å². The van der Waals surface area contributed by atoms with Crippen LogP contribution in [-0.2, 0) is 24.3 Å². The van der Waals surface area contributed by atoms with Gasteiger partial charge in [0.2, 0.25) is 0 Å². The molecule has 0 radical (unpaired) electrons. The van der Waals surface area contributed by atoms with E-state index >= 15 is 0 Å². The van der Waals surface area contributed by atoms with Crippen LogP contribution in [0.15, 0.2) is 0 Å². The van der Waals surface area contributed by atoms with Crippen molar-refractivity contribution in [1.82, 2.24) is 0 Å². The summed E-state index contributed by atoms with van der Waals surface area (Å²) in [5.41, 5.74) is 0. The van der Waals surface area contributed by atoms with Crippen LogP contribution in [0.4, 0.5) is 0 Å². The van der Waals surface area contributed by atoms with E-state index in [9.17, 15) is 9.90 Å². The first-order valence-corrected chi connectivity index (χ1v) is 8.47. The van der Waals surface area contributed by atoms with E-state index in [1.54, 1.807) is 0 Å². The Bertz CT molecular complexity index is 195. The van der Waals surface area contributed by atoms with Crippen molar-refractivity contribution in [3.05, 3.63) is 0 Å². The van der Waals surface area contributed by atoms with Gasteiger partial charge in [0.15, 0.2) is 0 Å². The summed E-state index contributed by atoms with van der Waals surface area (Å²) in [5.74, 6) is -0.904. The zero-order chi connectivity index (χ0) is 14.2. The largest absolute Gasteiger partial charge is 2.00 e. The molecule has 3 heteroatoms. The first-order chi connectivity index (χ1) is 9.27. The van der Waals surface area contributed by atoms with Gasteiger partial charge in [-0.2, -0.15) is 0 Å². The summed E-state index contributed by atoms with van der Waals surface area (Å²) in [6, 6.07) is 0. The molecule has 0 aliphatic heterocycles. The summed E-state index contributed by atoms with van der Waals surface area (Å²) in [4.78, 5) is 10.2. The summed E-state index contributed by atoms with van der Waals surface area (Å²) >= 11 is 0. The van der Waals surface area contributed by atoms with E-state index in [0.717, 1.165) is 12.8 Å². The van der Waals surface area contributed by atoms with Gasteiger partial charge in [-0.05, 0) is 12.8 Å². The maximum atomic E-state index is 10.2. The van der Waals surface area contributed by atoms with Crippen molar-refractivity contribution in [2.24, 2.45) is 0 Å². The molecule has 0 aliphatic carbocycles. The van der Waals surface area contributed by atoms with E-state index in [1.807, 2.05) is 0 Å². The van der Waals surface area contributed by atoms with Crippen molar-refractivity contribution < 1.29 is 29.4 Å². The van der Waals surface area contributed by atoms with Crippen molar-refractivity contribution in [1.29, 1.82) is 0 Å². The molecule has 0 fully saturated rings. The molecule has 0 aromatic heterocycles. The van der Waals surface area contributed by atoms with Gasteiger partial charge in [0.25, 0.3) is 0 Å². The van der Waals surface area contributed by atoms with Gasteiger partial charge in [-0.25, -0.2) is 0 Å². The van der Waals surface area contributed by atoms with Crippen LogP contribution < -0.4 is 5.11 Å². The molecule has 0 aromatic rings. The molecule has 0 bridgehead atoms. The van der Waals surface area contributed by atoms with Gasteiger partial charge in [-0.15, -0.1) is 0 Å². The molecule has 114 valence electrons. The number of carboxylic acid groups (broad SMARTS) is 1. The molecule has 0 atom stereocenters. The van der Waals surface area contributed by atoms with Gasteiger partial charge in [0, 0.05) is 5.97 Å². The zero-order valence-corrected chi connectivity index (χ0v) is 16.6. The standard InChI is InChI=1S/C17H34O2.Zn/c1-2-3-4-5-6-7-8-9-10-11-12-13-14-15-16-17(18)19;/h2-16H2,1H3,(H,18,19);/q;+2/p-1. The topological polar surface area (TPSA) is 40.1 Å². The van der Waals surface area contributed by atoms with Crippen LogP contribution in [0, 0.1) is 0 Å². The number of rotatable bonds is 15. The van der Waals surface area contributed by atoms with Crippen LogP contribution in [-0.4, -0.2) is 5.97 Å². The van der Waals surface area contributed by atoms with E-state index in [4.69, 9.17) is 0 Å². The summed E-state index contributed by atoms with van der Waals surface area (Å²) in [7, 11) is 0. The maximum absolute atomic E-state index is 10.2. The fourth-order valence-corrected chi connectivity index (χ4v) is 2.46. The van der Waals surface area contributed by atoms with Gasteiger partial charge in [0.05, 0.1) is 0 Å². The molecule has 0 aliphatic rings. The first-order valence-electron chi connectivity index (χ1n) is 8.47. The predicted octanol–water partition coefficient (Wildman–Crippen LogP) is 4.61. The third kappa shape index (κ3) is 20.4. The molecule has 0 aromatic carbocycles. The van der Waals surface area contributed by atoms with Crippen molar-refractivity contribution in [2.75, 3.05) is 0 Å². The Hall–Kier alpha value is 0.0934. The van der Waals surface area contributed by atoms with Gasteiger partial charge in [-0.1, -0.05) is 90.4 Å². The van der Waals surface area contributed by atoms with Crippen LogP contribution in [0.5, 0.6) is 0 Å². The summed E-state index contributed by atoms with van der Waals surface area (Å²) in [5, 5.41) is 10.2. The number of hydrogen-bond acceptors (Lipinski definition) is 2. The predicted molar refractivity (Wildman–Crippen MR) is 79.9 cm³/mol. The minimum Gasteiger partial charge on any atom is -0.550 e.